The molecule has 0 aliphatic carbocycles. The van der Waals surface area contributed by atoms with Gasteiger partial charge in [0.1, 0.15) is 0 Å². The number of likely N-dealkylation sites (tertiary alicyclic amines) is 1. The fourth-order valence-corrected chi connectivity index (χ4v) is 2.59. The summed E-state index contributed by atoms with van der Waals surface area (Å²) < 4.78 is 0. The van der Waals surface area contributed by atoms with Crippen LogP contribution < -0.4 is 5.32 Å². The molecule has 0 saturated carbocycles. The number of rotatable bonds is 6. The molecule has 90 valence electrons. The Labute approximate surface area is 95.4 Å². The van der Waals surface area contributed by atoms with E-state index in [1.165, 1.54) is 45.2 Å². The van der Waals surface area contributed by atoms with E-state index in [1.807, 2.05) is 7.05 Å². The van der Waals surface area contributed by atoms with Crippen LogP contribution in [0.15, 0.2) is 0 Å². The van der Waals surface area contributed by atoms with Gasteiger partial charge >= 0.3 is 0 Å². The summed E-state index contributed by atoms with van der Waals surface area (Å²) in [6.45, 7) is 8.57. The predicted octanol–water partition coefficient (Wildman–Crippen LogP) is 2.50. The second-order valence-electron chi connectivity index (χ2n) is 5.01. The molecule has 1 rings (SSSR count). The van der Waals surface area contributed by atoms with Crippen LogP contribution in [0.2, 0.25) is 0 Å². The first-order valence-electron chi connectivity index (χ1n) is 6.66. The van der Waals surface area contributed by atoms with Crippen LogP contribution in [0.3, 0.4) is 0 Å². The molecule has 1 aliphatic heterocycles. The lowest BCUT2D eigenvalue weighted by Gasteiger charge is -2.36. The summed E-state index contributed by atoms with van der Waals surface area (Å²) in [7, 11) is 2.04. The number of piperidine rings is 1. The van der Waals surface area contributed by atoms with Crippen molar-refractivity contribution >= 4 is 0 Å². The third-order valence-electron chi connectivity index (χ3n) is 3.80. The Morgan fingerprint density at radius 3 is 2.93 bits per heavy atom. The highest BCUT2D eigenvalue weighted by Gasteiger charge is 2.21. The van der Waals surface area contributed by atoms with Gasteiger partial charge in [0.25, 0.3) is 0 Å². The molecule has 0 aromatic rings. The minimum absolute atomic E-state index is 0.785. The summed E-state index contributed by atoms with van der Waals surface area (Å²) in [5, 5.41) is 3.23. The molecule has 1 fully saturated rings. The third kappa shape index (κ3) is 4.52. The maximum Gasteiger partial charge on any atom is 0.00675 e. The van der Waals surface area contributed by atoms with Crippen molar-refractivity contribution in [2.45, 2.75) is 52.0 Å². The van der Waals surface area contributed by atoms with Crippen molar-refractivity contribution in [1.29, 1.82) is 0 Å². The van der Waals surface area contributed by atoms with Crippen LogP contribution in [0.5, 0.6) is 0 Å². The van der Waals surface area contributed by atoms with E-state index in [0.717, 1.165) is 18.5 Å². The van der Waals surface area contributed by atoms with Crippen LogP contribution in [0, 0.1) is 5.92 Å². The molecule has 2 heteroatoms. The van der Waals surface area contributed by atoms with Crippen LogP contribution in [-0.2, 0) is 0 Å². The Hall–Kier alpha value is -0.0800. The van der Waals surface area contributed by atoms with E-state index in [0.29, 0.717) is 0 Å². The number of hydrogen-bond donors (Lipinski definition) is 1. The van der Waals surface area contributed by atoms with Gasteiger partial charge in [-0.1, -0.05) is 13.3 Å². The lowest BCUT2D eigenvalue weighted by Crippen LogP contribution is -2.41. The van der Waals surface area contributed by atoms with Gasteiger partial charge in [0.2, 0.25) is 0 Å². The van der Waals surface area contributed by atoms with Gasteiger partial charge in [-0.05, 0) is 58.7 Å². The largest absolute Gasteiger partial charge is 0.320 e. The van der Waals surface area contributed by atoms with Crippen molar-refractivity contribution in [2.75, 3.05) is 26.7 Å². The maximum atomic E-state index is 3.23. The van der Waals surface area contributed by atoms with Gasteiger partial charge in [0, 0.05) is 12.6 Å². The van der Waals surface area contributed by atoms with Crippen molar-refractivity contribution < 1.29 is 0 Å². The molecule has 2 atom stereocenters. The molecular weight excluding hydrogens is 184 g/mol. The summed E-state index contributed by atoms with van der Waals surface area (Å²) in [5.41, 5.74) is 0. The van der Waals surface area contributed by atoms with Crippen molar-refractivity contribution in [2.24, 2.45) is 5.92 Å². The van der Waals surface area contributed by atoms with Crippen LogP contribution >= 0.6 is 0 Å². The summed E-state index contributed by atoms with van der Waals surface area (Å²) in [4.78, 5) is 2.70. The number of nitrogens with zero attached hydrogens (tertiary/aromatic N) is 1. The Kier molecular flexibility index (Phi) is 6.26. The Bertz CT molecular complexity index is 159. The zero-order valence-corrected chi connectivity index (χ0v) is 10.8. The van der Waals surface area contributed by atoms with Gasteiger partial charge in [-0.25, -0.2) is 0 Å². The molecular formula is C13H28N2. The molecule has 2 unspecified atom stereocenters. The average molecular weight is 212 g/mol. The van der Waals surface area contributed by atoms with E-state index < -0.39 is 0 Å². The van der Waals surface area contributed by atoms with E-state index in [-0.39, 0.29) is 0 Å². The molecule has 0 spiro atoms. The third-order valence-corrected chi connectivity index (χ3v) is 3.80. The number of hydrogen-bond acceptors (Lipinski definition) is 2. The second kappa shape index (κ2) is 7.24. The van der Waals surface area contributed by atoms with Crippen LogP contribution in [-0.4, -0.2) is 37.6 Å². The molecule has 1 heterocycles. The Morgan fingerprint density at radius 2 is 2.27 bits per heavy atom. The lowest BCUT2D eigenvalue weighted by molar-refractivity contribution is 0.123. The fraction of sp³-hybridized carbons (Fsp3) is 1.00. The molecule has 0 aromatic carbocycles. The first kappa shape index (κ1) is 13.0. The number of nitrogens with one attached hydrogen (secondary N) is 1. The molecule has 0 aromatic heterocycles. The molecule has 1 aliphatic rings. The second-order valence-corrected chi connectivity index (χ2v) is 5.01. The zero-order chi connectivity index (χ0) is 11.1. The van der Waals surface area contributed by atoms with E-state index in [2.05, 4.69) is 24.1 Å². The van der Waals surface area contributed by atoms with E-state index in [9.17, 15) is 0 Å². The van der Waals surface area contributed by atoms with E-state index in [1.54, 1.807) is 0 Å². The van der Waals surface area contributed by atoms with Crippen molar-refractivity contribution in [1.82, 2.24) is 10.2 Å². The SMILES string of the molecule is CCC1CCCN(C(C)CCCNC)C1. The smallest absolute Gasteiger partial charge is 0.00675 e. The van der Waals surface area contributed by atoms with Gasteiger partial charge < -0.3 is 10.2 Å². The summed E-state index contributed by atoms with van der Waals surface area (Å²) in [6, 6.07) is 0.785. The van der Waals surface area contributed by atoms with Gasteiger partial charge in [0.15, 0.2) is 0 Å². The fourth-order valence-electron chi connectivity index (χ4n) is 2.59. The molecule has 15 heavy (non-hydrogen) atoms. The monoisotopic (exact) mass is 212 g/mol. The van der Waals surface area contributed by atoms with Gasteiger partial charge in [-0.3, -0.25) is 0 Å². The summed E-state index contributed by atoms with van der Waals surface area (Å²) in [6.07, 6.45) is 6.88. The summed E-state index contributed by atoms with van der Waals surface area (Å²) >= 11 is 0. The Morgan fingerprint density at radius 1 is 1.47 bits per heavy atom. The molecule has 0 bridgehead atoms. The first-order chi connectivity index (χ1) is 7.27. The predicted molar refractivity (Wildman–Crippen MR) is 67.2 cm³/mol. The molecule has 1 saturated heterocycles. The molecule has 2 nitrogen and oxygen atoms in total. The minimum Gasteiger partial charge on any atom is -0.320 e. The first-order valence-corrected chi connectivity index (χ1v) is 6.66. The standard InChI is InChI=1S/C13H28N2/c1-4-13-8-6-10-15(11-13)12(2)7-5-9-14-3/h12-14H,4-11H2,1-3H3. The van der Waals surface area contributed by atoms with Crippen molar-refractivity contribution in [3.63, 3.8) is 0 Å². The highest BCUT2D eigenvalue weighted by Crippen LogP contribution is 2.22. The summed E-state index contributed by atoms with van der Waals surface area (Å²) in [5.74, 6) is 0.963. The molecule has 0 radical (unpaired) electrons. The average Bonchev–Trinajstić information content (AvgIpc) is 2.29. The van der Waals surface area contributed by atoms with Crippen LogP contribution in [0.25, 0.3) is 0 Å². The quantitative estimate of drug-likeness (QED) is 0.681. The zero-order valence-electron chi connectivity index (χ0n) is 10.8. The minimum atomic E-state index is 0.785. The highest BCUT2D eigenvalue weighted by molar-refractivity contribution is 4.76. The lowest BCUT2D eigenvalue weighted by atomic mass is 9.94. The Balaban J connectivity index is 2.22. The molecule has 0 amide bonds. The van der Waals surface area contributed by atoms with Gasteiger partial charge in [-0.2, -0.15) is 0 Å². The van der Waals surface area contributed by atoms with Crippen molar-refractivity contribution in [3.8, 4) is 0 Å². The van der Waals surface area contributed by atoms with Crippen LogP contribution in [0.4, 0.5) is 0 Å². The van der Waals surface area contributed by atoms with Crippen LogP contribution in [0.1, 0.15) is 46.0 Å². The maximum absolute atomic E-state index is 3.23. The highest BCUT2D eigenvalue weighted by atomic mass is 15.2. The van der Waals surface area contributed by atoms with Gasteiger partial charge in [-0.15, -0.1) is 0 Å². The van der Waals surface area contributed by atoms with E-state index in [4.69, 9.17) is 0 Å². The van der Waals surface area contributed by atoms with E-state index >= 15 is 0 Å². The normalized spacial score (nSPS) is 25.4. The van der Waals surface area contributed by atoms with Gasteiger partial charge in [0.05, 0.1) is 0 Å². The topological polar surface area (TPSA) is 15.3 Å². The van der Waals surface area contributed by atoms with Crippen molar-refractivity contribution in [3.05, 3.63) is 0 Å². The molecule has 1 N–H and O–H groups in total.